The molecule has 0 aliphatic rings. The Morgan fingerprint density at radius 1 is 0.917 bits per heavy atom. The van der Waals surface area contributed by atoms with Crippen molar-refractivity contribution in [3.8, 4) is 28.4 Å². The lowest BCUT2D eigenvalue weighted by atomic mass is 10.0. The van der Waals surface area contributed by atoms with Crippen LogP contribution in [-0.4, -0.2) is 23.8 Å². The van der Waals surface area contributed by atoms with Gasteiger partial charge in [-0.1, -0.05) is 67.6 Å². The summed E-state index contributed by atoms with van der Waals surface area (Å²) in [5, 5.41) is 14.1. The fourth-order valence-electron chi connectivity index (χ4n) is 3.53. The van der Waals surface area contributed by atoms with Crippen LogP contribution < -0.4 is 14.9 Å². The maximum atomic E-state index is 12.4. The number of carbonyl (C=O) groups excluding carboxylic acids is 1. The van der Waals surface area contributed by atoms with Crippen LogP contribution in [0.5, 0.6) is 17.2 Å². The molecule has 6 nitrogen and oxygen atoms in total. The highest BCUT2D eigenvalue weighted by Crippen LogP contribution is 2.30. The zero-order valence-corrected chi connectivity index (χ0v) is 20.1. The predicted molar refractivity (Wildman–Crippen MR) is 142 cm³/mol. The standard InChI is InChI=1S/C30H28N2O4/c1-2-18-35-26-17-16-25(28(33)19-26)20-31-32-30(34)24-14-12-22(13-15-24)21-36-29-11-7-6-10-27(29)23-8-4-3-5-9-23/h3-17,19-20,33H,2,18,21H2,1H3,(H,32,34). The van der Waals surface area contributed by atoms with E-state index in [1.165, 1.54) is 12.3 Å². The molecule has 2 N–H and O–H groups in total. The molecule has 0 heterocycles. The van der Waals surface area contributed by atoms with E-state index in [2.05, 4.69) is 22.7 Å². The minimum absolute atomic E-state index is 0.0276. The first-order chi connectivity index (χ1) is 17.6. The van der Waals surface area contributed by atoms with Crippen LogP contribution in [0.3, 0.4) is 0 Å². The molecule has 0 aromatic heterocycles. The van der Waals surface area contributed by atoms with E-state index in [0.29, 0.717) is 30.1 Å². The Labute approximate surface area is 210 Å². The highest BCUT2D eigenvalue weighted by atomic mass is 16.5. The van der Waals surface area contributed by atoms with Crippen LogP contribution in [0.4, 0.5) is 0 Å². The van der Waals surface area contributed by atoms with E-state index >= 15 is 0 Å². The molecule has 4 aromatic rings. The van der Waals surface area contributed by atoms with Crippen molar-refractivity contribution in [2.75, 3.05) is 6.61 Å². The normalized spacial score (nSPS) is 10.8. The monoisotopic (exact) mass is 480 g/mol. The number of rotatable bonds is 10. The zero-order chi connectivity index (χ0) is 25.2. The number of ether oxygens (including phenoxy) is 2. The van der Waals surface area contributed by atoms with E-state index < -0.39 is 0 Å². The molecule has 36 heavy (non-hydrogen) atoms. The topological polar surface area (TPSA) is 80.2 Å². The van der Waals surface area contributed by atoms with Crippen molar-refractivity contribution in [3.63, 3.8) is 0 Å². The van der Waals surface area contributed by atoms with Crippen molar-refractivity contribution in [3.05, 3.63) is 114 Å². The van der Waals surface area contributed by atoms with Crippen molar-refractivity contribution >= 4 is 12.1 Å². The predicted octanol–water partition coefficient (Wildman–Crippen LogP) is 6.19. The van der Waals surface area contributed by atoms with E-state index in [-0.39, 0.29) is 11.7 Å². The minimum atomic E-state index is -0.351. The Morgan fingerprint density at radius 3 is 2.42 bits per heavy atom. The fourth-order valence-corrected chi connectivity index (χ4v) is 3.53. The second kappa shape index (κ2) is 12.2. The Balaban J connectivity index is 1.33. The first kappa shape index (κ1) is 24.5. The number of aromatic hydroxyl groups is 1. The Morgan fingerprint density at radius 2 is 1.67 bits per heavy atom. The lowest BCUT2D eigenvalue weighted by Crippen LogP contribution is -2.17. The van der Waals surface area contributed by atoms with Gasteiger partial charge in [0, 0.05) is 22.8 Å². The summed E-state index contributed by atoms with van der Waals surface area (Å²) >= 11 is 0. The van der Waals surface area contributed by atoms with Gasteiger partial charge in [-0.15, -0.1) is 0 Å². The van der Waals surface area contributed by atoms with E-state index in [1.54, 1.807) is 24.3 Å². The quantitative estimate of drug-likeness (QED) is 0.209. The maximum Gasteiger partial charge on any atom is 0.271 e. The lowest BCUT2D eigenvalue weighted by molar-refractivity contribution is 0.0955. The van der Waals surface area contributed by atoms with Crippen LogP contribution in [0.15, 0.2) is 102 Å². The van der Waals surface area contributed by atoms with Gasteiger partial charge in [0.2, 0.25) is 0 Å². The number of phenols is 1. The molecule has 0 aliphatic carbocycles. The third kappa shape index (κ3) is 6.51. The number of hydrogen-bond acceptors (Lipinski definition) is 5. The van der Waals surface area contributed by atoms with Gasteiger partial charge in [0.25, 0.3) is 5.91 Å². The molecular weight excluding hydrogens is 452 g/mol. The average molecular weight is 481 g/mol. The maximum absolute atomic E-state index is 12.4. The van der Waals surface area contributed by atoms with Crippen molar-refractivity contribution in [2.45, 2.75) is 20.0 Å². The van der Waals surface area contributed by atoms with Crippen molar-refractivity contribution in [1.82, 2.24) is 5.43 Å². The number of nitrogens with one attached hydrogen (secondary N) is 1. The third-order valence-electron chi connectivity index (χ3n) is 5.43. The molecule has 6 heteroatoms. The molecule has 0 unspecified atom stereocenters. The first-order valence-electron chi connectivity index (χ1n) is 11.8. The van der Waals surface area contributed by atoms with Crippen LogP contribution >= 0.6 is 0 Å². The van der Waals surface area contributed by atoms with E-state index in [9.17, 15) is 9.90 Å². The van der Waals surface area contributed by atoms with Crippen LogP contribution in [-0.2, 0) is 6.61 Å². The Hall–Kier alpha value is -4.58. The summed E-state index contributed by atoms with van der Waals surface area (Å²) in [6.07, 6.45) is 2.27. The number of para-hydroxylation sites is 1. The molecule has 4 aromatic carbocycles. The van der Waals surface area contributed by atoms with Crippen molar-refractivity contribution in [2.24, 2.45) is 5.10 Å². The van der Waals surface area contributed by atoms with E-state index in [0.717, 1.165) is 28.9 Å². The van der Waals surface area contributed by atoms with Gasteiger partial charge in [0.15, 0.2) is 0 Å². The van der Waals surface area contributed by atoms with Gasteiger partial charge < -0.3 is 14.6 Å². The summed E-state index contributed by atoms with van der Waals surface area (Å²) < 4.78 is 11.6. The molecule has 0 atom stereocenters. The second-order valence-corrected chi connectivity index (χ2v) is 8.12. The summed E-state index contributed by atoms with van der Waals surface area (Å²) in [5.74, 6) is 1.06. The van der Waals surface area contributed by atoms with E-state index in [1.807, 2.05) is 61.5 Å². The number of benzene rings is 4. The largest absolute Gasteiger partial charge is 0.507 e. The smallest absolute Gasteiger partial charge is 0.271 e. The number of hydrogen-bond donors (Lipinski definition) is 2. The Kier molecular flexibility index (Phi) is 8.33. The van der Waals surface area contributed by atoms with Gasteiger partial charge >= 0.3 is 0 Å². The van der Waals surface area contributed by atoms with Crippen LogP contribution in [0, 0.1) is 0 Å². The first-order valence-corrected chi connectivity index (χ1v) is 11.8. The number of amides is 1. The number of phenolic OH excluding ortho intramolecular Hbond substituents is 1. The van der Waals surface area contributed by atoms with Gasteiger partial charge in [-0.2, -0.15) is 5.10 Å². The summed E-state index contributed by atoms with van der Waals surface area (Å²) in [6, 6.07) is 30.1. The summed E-state index contributed by atoms with van der Waals surface area (Å²) in [4.78, 5) is 12.4. The molecule has 0 aliphatic heterocycles. The molecule has 0 bridgehead atoms. The highest BCUT2D eigenvalue weighted by Gasteiger charge is 2.08. The molecule has 4 rings (SSSR count). The van der Waals surface area contributed by atoms with E-state index in [4.69, 9.17) is 9.47 Å². The third-order valence-corrected chi connectivity index (χ3v) is 5.43. The summed E-state index contributed by atoms with van der Waals surface area (Å²) in [5.41, 5.74) is 6.48. The number of nitrogens with zero attached hydrogens (tertiary/aromatic N) is 1. The molecule has 0 saturated heterocycles. The summed E-state index contributed by atoms with van der Waals surface area (Å²) in [6.45, 7) is 2.97. The molecule has 0 spiro atoms. The van der Waals surface area contributed by atoms with Crippen LogP contribution in [0.1, 0.15) is 34.8 Å². The fraction of sp³-hybridized carbons (Fsp3) is 0.133. The van der Waals surface area contributed by atoms with Crippen LogP contribution in [0.25, 0.3) is 11.1 Å². The van der Waals surface area contributed by atoms with Gasteiger partial charge in [0.05, 0.1) is 12.8 Å². The van der Waals surface area contributed by atoms with Crippen molar-refractivity contribution < 1.29 is 19.4 Å². The second-order valence-electron chi connectivity index (χ2n) is 8.12. The molecule has 1 amide bonds. The molecule has 0 saturated carbocycles. The van der Waals surface area contributed by atoms with Gasteiger partial charge in [0.1, 0.15) is 23.9 Å². The van der Waals surface area contributed by atoms with Gasteiger partial charge in [-0.3, -0.25) is 4.79 Å². The molecule has 0 fully saturated rings. The number of hydrazone groups is 1. The van der Waals surface area contributed by atoms with Gasteiger partial charge in [-0.25, -0.2) is 5.43 Å². The SMILES string of the molecule is CCCOc1ccc(C=NNC(=O)c2ccc(COc3ccccc3-c3ccccc3)cc2)c(O)c1. The van der Waals surface area contributed by atoms with Gasteiger partial charge in [-0.05, 0) is 47.9 Å². The highest BCUT2D eigenvalue weighted by molar-refractivity contribution is 5.95. The van der Waals surface area contributed by atoms with Crippen molar-refractivity contribution in [1.29, 1.82) is 0 Å². The molecule has 182 valence electrons. The zero-order valence-electron chi connectivity index (χ0n) is 20.1. The lowest BCUT2D eigenvalue weighted by Gasteiger charge is -2.12. The summed E-state index contributed by atoms with van der Waals surface area (Å²) in [7, 11) is 0. The van der Waals surface area contributed by atoms with Crippen LogP contribution in [0.2, 0.25) is 0 Å². The molecular formula is C30H28N2O4. The Bertz CT molecular complexity index is 1320. The minimum Gasteiger partial charge on any atom is -0.507 e. The number of carbonyl (C=O) groups is 1. The molecule has 0 radical (unpaired) electrons. The average Bonchev–Trinajstić information content (AvgIpc) is 2.92.